The molecule has 1 heterocycles. The van der Waals surface area contributed by atoms with Crippen molar-refractivity contribution in [3.63, 3.8) is 0 Å². The van der Waals surface area contributed by atoms with Gasteiger partial charge in [0.05, 0.1) is 6.61 Å². The number of fused-ring (bicyclic) bond motifs is 1. The molecule has 118 valence electrons. The number of nitrogens with two attached hydrogens (primary N) is 1. The number of aromatic nitrogens is 1. The van der Waals surface area contributed by atoms with Crippen molar-refractivity contribution < 1.29 is 4.74 Å². The molecule has 0 amide bonds. The Bertz CT molecular complexity index is 884. The molecule has 23 heavy (non-hydrogen) atoms. The topological polar surface area (TPSA) is 57.2 Å². The molecular weight excluding hydrogens is 288 g/mol. The minimum Gasteiger partial charge on any atom is -0.493 e. The molecular formula is C19H20N2O2. The lowest BCUT2D eigenvalue weighted by molar-refractivity contribution is 0.301. The van der Waals surface area contributed by atoms with Gasteiger partial charge in [-0.15, -0.1) is 0 Å². The van der Waals surface area contributed by atoms with E-state index in [1.165, 1.54) is 0 Å². The van der Waals surface area contributed by atoms with Gasteiger partial charge in [-0.2, -0.15) is 0 Å². The van der Waals surface area contributed by atoms with E-state index < -0.39 is 0 Å². The van der Waals surface area contributed by atoms with Crippen molar-refractivity contribution in [2.24, 2.45) is 0 Å². The number of hydrogen-bond acceptors (Lipinski definition) is 3. The normalized spacial score (nSPS) is 10.8. The molecule has 0 atom stereocenters. The van der Waals surface area contributed by atoms with Gasteiger partial charge >= 0.3 is 0 Å². The van der Waals surface area contributed by atoms with Gasteiger partial charge in [-0.05, 0) is 43.0 Å². The summed E-state index contributed by atoms with van der Waals surface area (Å²) >= 11 is 0. The van der Waals surface area contributed by atoms with E-state index in [1.807, 2.05) is 55.6 Å². The van der Waals surface area contributed by atoms with E-state index in [0.717, 1.165) is 28.5 Å². The van der Waals surface area contributed by atoms with Gasteiger partial charge in [0.15, 0.2) is 0 Å². The smallest absolute Gasteiger partial charge is 0.258 e. The zero-order chi connectivity index (χ0) is 16.2. The molecule has 0 aliphatic carbocycles. The minimum atomic E-state index is 0.0476. The van der Waals surface area contributed by atoms with E-state index in [0.29, 0.717) is 18.8 Å². The van der Waals surface area contributed by atoms with Crippen molar-refractivity contribution in [3.05, 3.63) is 70.6 Å². The molecule has 2 aromatic carbocycles. The third-order valence-corrected chi connectivity index (χ3v) is 3.80. The number of nitrogens with zero attached hydrogens (tertiary/aromatic N) is 1. The minimum absolute atomic E-state index is 0.0476. The van der Waals surface area contributed by atoms with Crippen LogP contribution >= 0.6 is 0 Å². The maximum Gasteiger partial charge on any atom is 0.258 e. The van der Waals surface area contributed by atoms with E-state index in [4.69, 9.17) is 10.5 Å². The average molecular weight is 308 g/mol. The van der Waals surface area contributed by atoms with Crippen LogP contribution in [-0.2, 0) is 6.54 Å². The molecule has 1 aromatic heterocycles. The molecule has 0 aliphatic heterocycles. The molecule has 0 bridgehead atoms. The second kappa shape index (κ2) is 6.57. The van der Waals surface area contributed by atoms with Gasteiger partial charge in [-0.25, -0.2) is 0 Å². The Morgan fingerprint density at radius 2 is 2.00 bits per heavy atom. The van der Waals surface area contributed by atoms with E-state index in [2.05, 4.69) is 0 Å². The number of rotatable bonds is 5. The number of aryl methyl sites for hydroxylation is 2. The molecule has 0 unspecified atom stereocenters. The van der Waals surface area contributed by atoms with E-state index in [9.17, 15) is 4.79 Å². The van der Waals surface area contributed by atoms with Crippen LogP contribution in [0.5, 0.6) is 5.75 Å². The van der Waals surface area contributed by atoms with Crippen LogP contribution in [0, 0.1) is 6.92 Å². The highest BCUT2D eigenvalue weighted by atomic mass is 16.5. The van der Waals surface area contributed by atoms with Crippen LogP contribution in [0.4, 0.5) is 5.69 Å². The van der Waals surface area contributed by atoms with Gasteiger partial charge in [0, 0.05) is 29.9 Å². The molecule has 0 radical (unpaired) electrons. The van der Waals surface area contributed by atoms with Crippen LogP contribution in [-0.4, -0.2) is 11.2 Å². The summed E-state index contributed by atoms with van der Waals surface area (Å²) in [6.07, 6.45) is 2.61. The third-order valence-electron chi connectivity index (χ3n) is 3.80. The number of ether oxygens (including phenoxy) is 1. The van der Waals surface area contributed by atoms with Crippen molar-refractivity contribution in [2.75, 3.05) is 12.3 Å². The summed E-state index contributed by atoms with van der Waals surface area (Å²) in [7, 11) is 0. The number of hydrogen-bond donors (Lipinski definition) is 1. The van der Waals surface area contributed by atoms with E-state index in [-0.39, 0.29) is 5.56 Å². The summed E-state index contributed by atoms with van der Waals surface area (Å²) in [5.74, 6) is 0.756. The van der Waals surface area contributed by atoms with Gasteiger partial charge in [0.2, 0.25) is 0 Å². The summed E-state index contributed by atoms with van der Waals surface area (Å²) in [6, 6.07) is 15.2. The van der Waals surface area contributed by atoms with Gasteiger partial charge < -0.3 is 15.0 Å². The van der Waals surface area contributed by atoms with Crippen molar-refractivity contribution in [2.45, 2.75) is 19.9 Å². The summed E-state index contributed by atoms with van der Waals surface area (Å²) in [4.78, 5) is 12.5. The second-order valence-electron chi connectivity index (χ2n) is 5.68. The first-order valence-electron chi connectivity index (χ1n) is 7.72. The Morgan fingerprint density at radius 3 is 2.83 bits per heavy atom. The summed E-state index contributed by atoms with van der Waals surface area (Å²) in [6.45, 7) is 3.20. The molecule has 3 aromatic rings. The predicted octanol–water partition coefficient (Wildman–Crippen LogP) is 3.36. The molecule has 0 aliphatic rings. The standard InChI is InChI=1S/C19H20N2O2/c1-14-6-7-18-15(12-14)8-10-21(19(18)22)9-3-11-23-17-5-2-4-16(20)13-17/h2,4-8,10,12-13H,3,9,11,20H2,1H3. The highest BCUT2D eigenvalue weighted by molar-refractivity contribution is 5.81. The number of pyridine rings is 1. The predicted molar refractivity (Wildman–Crippen MR) is 93.9 cm³/mol. The van der Waals surface area contributed by atoms with Crippen LogP contribution in [0.1, 0.15) is 12.0 Å². The molecule has 0 saturated heterocycles. The van der Waals surface area contributed by atoms with Crippen LogP contribution in [0.15, 0.2) is 59.5 Å². The monoisotopic (exact) mass is 308 g/mol. The van der Waals surface area contributed by atoms with Crippen molar-refractivity contribution >= 4 is 16.5 Å². The van der Waals surface area contributed by atoms with Crippen LogP contribution < -0.4 is 16.0 Å². The largest absolute Gasteiger partial charge is 0.493 e. The van der Waals surface area contributed by atoms with E-state index >= 15 is 0 Å². The van der Waals surface area contributed by atoms with Gasteiger partial charge in [0.1, 0.15) is 5.75 Å². The Morgan fingerprint density at radius 1 is 1.13 bits per heavy atom. The summed E-state index contributed by atoms with van der Waals surface area (Å²) < 4.78 is 7.39. The fourth-order valence-electron chi connectivity index (χ4n) is 2.61. The number of anilines is 1. The Balaban J connectivity index is 1.64. The zero-order valence-corrected chi connectivity index (χ0v) is 13.2. The second-order valence-corrected chi connectivity index (χ2v) is 5.68. The Labute approximate surface area is 135 Å². The maximum atomic E-state index is 12.5. The maximum absolute atomic E-state index is 12.5. The zero-order valence-electron chi connectivity index (χ0n) is 13.2. The molecule has 4 nitrogen and oxygen atoms in total. The lowest BCUT2D eigenvalue weighted by Crippen LogP contribution is -2.20. The van der Waals surface area contributed by atoms with Gasteiger partial charge in [-0.1, -0.05) is 23.8 Å². The van der Waals surface area contributed by atoms with Gasteiger partial charge in [0.25, 0.3) is 5.56 Å². The first-order valence-corrected chi connectivity index (χ1v) is 7.72. The average Bonchev–Trinajstić information content (AvgIpc) is 2.53. The Kier molecular flexibility index (Phi) is 4.33. The molecule has 0 fully saturated rings. The fourth-order valence-corrected chi connectivity index (χ4v) is 2.61. The Hall–Kier alpha value is -2.75. The van der Waals surface area contributed by atoms with Gasteiger partial charge in [-0.3, -0.25) is 4.79 Å². The van der Waals surface area contributed by atoms with E-state index in [1.54, 1.807) is 10.6 Å². The summed E-state index contributed by atoms with van der Waals surface area (Å²) in [5, 5.41) is 1.75. The molecule has 2 N–H and O–H groups in total. The molecule has 3 rings (SSSR count). The van der Waals surface area contributed by atoms with Crippen molar-refractivity contribution in [1.29, 1.82) is 0 Å². The van der Waals surface area contributed by atoms with Crippen molar-refractivity contribution in [1.82, 2.24) is 4.57 Å². The quantitative estimate of drug-likeness (QED) is 0.581. The first kappa shape index (κ1) is 15.2. The van der Waals surface area contributed by atoms with Crippen molar-refractivity contribution in [3.8, 4) is 5.75 Å². The molecule has 4 heteroatoms. The highest BCUT2D eigenvalue weighted by Crippen LogP contribution is 2.15. The first-order chi connectivity index (χ1) is 11.1. The molecule has 0 spiro atoms. The van der Waals surface area contributed by atoms with Crippen LogP contribution in [0.2, 0.25) is 0 Å². The number of benzene rings is 2. The third kappa shape index (κ3) is 3.54. The van der Waals surface area contributed by atoms with Crippen LogP contribution in [0.3, 0.4) is 0 Å². The van der Waals surface area contributed by atoms with Crippen LogP contribution in [0.25, 0.3) is 10.8 Å². The SMILES string of the molecule is Cc1ccc2c(=O)n(CCCOc3cccc(N)c3)ccc2c1. The highest BCUT2D eigenvalue weighted by Gasteiger charge is 2.03. The lowest BCUT2D eigenvalue weighted by Gasteiger charge is -2.09. The molecule has 0 saturated carbocycles. The lowest BCUT2D eigenvalue weighted by atomic mass is 10.1. The fraction of sp³-hybridized carbons (Fsp3) is 0.211. The summed E-state index contributed by atoms with van der Waals surface area (Å²) in [5.41, 5.74) is 7.60. The number of nitrogen functional groups attached to an aromatic ring is 1.